The quantitative estimate of drug-likeness (QED) is 0.906. The van der Waals surface area contributed by atoms with Gasteiger partial charge in [-0.3, -0.25) is 4.79 Å². The second-order valence-electron chi connectivity index (χ2n) is 6.66. The number of nitrogens with one attached hydrogen (secondary N) is 1. The van der Waals surface area contributed by atoms with Crippen molar-refractivity contribution in [3.05, 3.63) is 35.9 Å². The van der Waals surface area contributed by atoms with Gasteiger partial charge < -0.3 is 15.0 Å². The average Bonchev–Trinajstić information content (AvgIpc) is 2.63. The molecule has 3 rings (SSSR count). The number of rotatable bonds is 5. The number of hydrogen-bond acceptors (Lipinski definition) is 3. The molecule has 2 aliphatic rings. The van der Waals surface area contributed by atoms with Crippen LogP contribution >= 0.6 is 0 Å². The molecule has 1 aromatic rings. The normalized spacial score (nSPS) is 20.6. The molecule has 2 aliphatic heterocycles. The van der Waals surface area contributed by atoms with Gasteiger partial charge >= 0.3 is 0 Å². The van der Waals surface area contributed by atoms with E-state index in [1.807, 2.05) is 6.07 Å². The van der Waals surface area contributed by atoms with Crippen LogP contribution in [0.2, 0.25) is 0 Å². The highest BCUT2D eigenvalue weighted by Gasteiger charge is 2.29. The third kappa shape index (κ3) is 4.79. The maximum absolute atomic E-state index is 12.5. The van der Waals surface area contributed by atoms with Crippen molar-refractivity contribution in [2.45, 2.75) is 38.2 Å². The van der Waals surface area contributed by atoms with Crippen LogP contribution in [0.15, 0.2) is 30.3 Å². The molecule has 0 aliphatic carbocycles. The Bertz CT molecular complexity index is 477. The Hall–Kier alpha value is -1.39. The molecule has 2 heterocycles. The summed E-state index contributed by atoms with van der Waals surface area (Å²) < 4.78 is 6.01. The summed E-state index contributed by atoms with van der Waals surface area (Å²) in [6, 6.07) is 10.5. The lowest BCUT2D eigenvalue weighted by molar-refractivity contribution is -0.139. The number of amides is 1. The summed E-state index contributed by atoms with van der Waals surface area (Å²) in [5.74, 6) is 0.612. The van der Waals surface area contributed by atoms with E-state index in [4.69, 9.17) is 4.74 Å². The summed E-state index contributed by atoms with van der Waals surface area (Å²) >= 11 is 0. The Morgan fingerprint density at radius 2 is 1.78 bits per heavy atom. The molecule has 23 heavy (non-hydrogen) atoms. The molecule has 2 saturated heterocycles. The van der Waals surface area contributed by atoms with E-state index in [-0.39, 0.29) is 5.92 Å². The van der Waals surface area contributed by atoms with Crippen molar-refractivity contribution in [1.29, 1.82) is 0 Å². The highest BCUT2D eigenvalue weighted by molar-refractivity contribution is 5.79. The third-order valence-electron chi connectivity index (χ3n) is 5.03. The molecular weight excluding hydrogens is 288 g/mol. The first-order chi connectivity index (χ1) is 11.3. The SMILES string of the molecule is O=C(C1CCNCC1)N1CCC(OCCc2ccccc2)CC1. The van der Waals surface area contributed by atoms with Crippen molar-refractivity contribution in [3.63, 3.8) is 0 Å². The molecule has 0 spiro atoms. The maximum atomic E-state index is 12.5. The highest BCUT2D eigenvalue weighted by atomic mass is 16.5. The molecule has 1 N–H and O–H groups in total. The first-order valence-corrected chi connectivity index (χ1v) is 8.98. The van der Waals surface area contributed by atoms with Crippen LogP contribution in [0.25, 0.3) is 0 Å². The van der Waals surface area contributed by atoms with Gasteiger partial charge in [-0.25, -0.2) is 0 Å². The van der Waals surface area contributed by atoms with Gasteiger partial charge in [0.15, 0.2) is 0 Å². The zero-order chi connectivity index (χ0) is 15.9. The van der Waals surface area contributed by atoms with Gasteiger partial charge in [0.1, 0.15) is 0 Å². The Kier molecular flexibility index (Phi) is 6.06. The monoisotopic (exact) mass is 316 g/mol. The van der Waals surface area contributed by atoms with Crippen molar-refractivity contribution >= 4 is 5.91 Å². The van der Waals surface area contributed by atoms with Crippen LogP contribution in [-0.2, 0) is 16.0 Å². The van der Waals surface area contributed by atoms with Gasteiger partial charge in [0.05, 0.1) is 12.7 Å². The Balaban J connectivity index is 1.36. The van der Waals surface area contributed by atoms with Gasteiger partial charge in [0, 0.05) is 19.0 Å². The van der Waals surface area contributed by atoms with E-state index in [9.17, 15) is 4.79 Å². The third-order valence-corrected chi connectivity index (χ3v) is 5.03. The number of carbonyl (C=O) groups is 1. The van der Waals surface area contributed by atoms with Crippen LogP contribution in [0.5, 0.6) is 0 Å². The van der Waals surface area contributed by atoms with E-state index < -0.39 is 0 Å². The minimum atomic E-state index is 0.242. The van der Waals surface area contributed by atoms with Gasteiger partial charge in [-0.15, -0.1) is 0 Å². The van der Waals surface area contributed by atoms with E-state index in [2.05, 4.69) is 34.5 Å². The molecule has 1 amide bonds. The average molecular weight is 316 g/mol. The Morgan fingerprint density at radius 3 is 2.48 bits per heavy atom. The predicted octanol–water partition coefficient (Wildman–Crippen LogP) is 2.24. The Morgan fingerprint density at radius 1 is 1.09 bits per heavy atom. The first kappa shape index (κ1) is 16.5. The highest BCUT2D eigenvalue weighted by Crippen LogP contribution is 2.20. The van der Waals surface area contributed by atoms with Crippen molar-refractivity contribution in [2.75, 3.05) is 32.8 Å². The standard InChI is InChI=1S/C19H28N2O2/c22-19(17-6-11-20-12-7-17)21-13-8-18(9-14-21)23-15-10-16-4-2-1-3-5-16/h1-5,17-18,20H,6-15H2. The van der Waals surface area contributed by atoms with Crippen LogP contribution in [-0.4, -0.2) is 49.7 Å². The minimum absolute atomic E-state index is 0.242. The molecule has 4 nitrogen and oxygen atoms in total. The second kappa shape index (κ2) is 8.46. The van der Waals surface area contributed by atoms with Crippen molar-refractivity contribution in [3.8, 4) is 0 Å². The van der Waals surface area contributed by atoms with Crippen molar-refractivity contribution in [1.82, 2.24) is 10.2 Å². The van der Waals surface area contributed by atoms with E-state index in [1.165, 1.54) is 5.56 Å². The van der Waals surface area contributed by atoms with Crippen LogP contribution in [0, 0.1) is 5.92 Å². The minimum Gasteiger partial charge on any atom is -0.378 e. The van der Waals surface area contributed by atoms with E-state index in [0.717, 1.165) is 64.9 Å². The zero-order valence-electron chi connectivity index (χ0n) is 13.9. The molecule has 0 unspecified atom stereocenters. The van der Waals surface area contributed by atoms with E-state index >= 15 is 0 Å². The first-order valence-electron chi connectivity index (χ1n) is 8.98. The molecule has 2 fully saturated rings. The second-order valence-corrected chi connectivity index (χ2v) is 6.66. The lowest BCUT2D eigenvalue weighted by atomic mass is 9.95. The van der Waals surface area contributed by atoms with Gasteiger partial charge in [0.25, 0.3) is 0 Å². The summed E-state index contributed by atoms with van der Waals surface area (Å²) in [7, 11) is 0. The maximum Gasteiger partial charge on any atom is 0.225 e. The largest absolute Gasteiger partial charge is 0.378 e. The fourth-order valence-corrected chi connectivity index (χ4v) is 3.56. The summed E-state index contributed by atoms with van der Waals surface area (Å²) in [4.78, 5) is 14.6. The van der Waals surface area contributed by atoms with Crippen LogP contribution < -0.4 is 5.32 Å². The summed E-state index contributed by atoms with van der Waals surface area (Å²) in [5.41, 5.74) is 1.33. The summed E-state index contributed by atoms with van der Waals surface area (Å²) in [5, 5.41) is 3.33. The number of benzene rings is 1. The van der Waals surface area contributed by atoms with Crippen molar-refractivity contribution < 1.29 is 9.53 Å². The van der Waals surface area contributed by atoms with E-state index in [1.54, 1.807) is 0 Å². The fourth-order valence-electron chi connectivity index (χ4n) is 3.56. The molecule has 4 heteroatoms. The number of nitrogens with zero attached hydrogens (tertiary/aromatic N) is 1. The smallest absolute Gasteiger partial charge is 0.225 e. The van der Waals surface area contributed by atoms with Crippen LogP contribution in [0.1, 0.15) is 31.2 Å². The van der Waals surface area contributed by atoms with Gasteiger partial charge in [-0.1, -0.05) is 30.3 Å². The van der Waals surface area contributed by atoms with Gasteiger partial charge in [-0.05, 0) is 50.8 Å². The molecule has 0 aromatic heterocycles. The fraction of sp³-hybridized carbons (Fsp3) is 0.632. The number of ether oxygens (including phenoxy) is 1. The molecule has 0 radical (unpaired) electrons. The number of likely N-dealkylation sites (tertiary alicyclic amines) is 1. The number of piperidine rings is 2. The van der Waals surface area contributed by atoms with Crippen LogP contribution in [0.4, 0.5) is 0 Å². The lowest BCUT2D eigenvalue weighted by Gasteiger charge is -2.35. The molecule has 0 bridgehead atoms. The molecule has 0 saturated carbocycles. The molecular formula is C19H28N2O2. The summed E-state index contributed by atoms with van der Waals surface area (Å²) in [6.45, 7) is 4.46. The topological polar surface area (TPSA) is 41.6 Å². The van der Waals surface area contributed by atoms with Crippen LogP contribution in [0.3, 0.4) is 0 Å². The summed E-state index contributed by atoms with van der Waals surface area (Å²) in [6.07, 6.45) is 5.22. The number of hydrogen-bond donors (Lipinski definition) is 1. The lowest BCUT2D eigenvalue weighted by Crippen LogP contribution is -2.46. The zero-order valence-corrected chi connectivity index (χ0v) is 13.9. The van der Waals surface area contributed by atoms with Gasteiger partial charge in [0.2, 0.25) is 5.91 Å². The van der Waals surface area contributed by atoms with E-state index in [0.29, 0.717) is 12.0 Å². The number of carbonyl (C=O) groups excluding carboxylic acids is 1. The van der Waals surface area contributed by atoms with Gasteiger partial charge in [-0.2, -0.15) is 0 Å². The Labute approximate surface area is 139 Å². The molecule has 1 aromatic carbocycles. The van der Waals surface area contributed by atoms with Crippen molar-refractivity contribution in [2.24, 2.45) is 5.92 Å². The molecule has 126 valence electrons. The predicted molar refractivity (Wildman–Crippen MR) is 91.3 cm³/mol. The molecule has 0 atom stereocenters.